The van der Waals surface area contributed by atoms with Gasteiger partial charge in [0.25, 0.3) is 0 Å². The molecule has 1 N–H and O–H groups in total. The van der Waals surface area contributed by atoms with E-state index in [9.17, 15) is 4.79 Å². The Labute approximate surface area is 121 Å². The molecule has 110 valence electrons. The van der Waals surface area contributed by atoms with E-state index in [1.165, 1.54) is 0 Å². The van der Waals surface area contributed by atoms with Gasteiger partial charge in [0.05, 0.1) is 12.6 Å². The van der Waals surface area contributed by atoms with Crippen LogP contribution in [0.2, 0.25) is 0 Å². The molecule has 2 rings (SSSR count). The summed E-state index contributed by atoms with van der Waals surface area (Å²) in [5, 5.41) is 3.06. The largest absolute Gasteiger partial charge is 0.493 e. The summed E-state index contributed by atoms with van der Waals surface area (Å²) in [6.07, 6.45) is 3.19. The Balaban J connectivity index is 2.00. The lowest BCUT2D eigenvalue weighted by Gasteiger charge is -2.22. The van der Waals surface area contributed by atoms with Gasteiger partial charge in [0, 0.05) is 18.7 Å². The Hall–Kier alpha value is -1.71. The first-order chi connectivity index (χ1) is 9.72. The molecule has 0 aliphatic carbocycles. The van der Waals surface area contributed by atoms with Crippen molar-refractivity contribution in [2.24, 2.45) is 0 Å². The molecule has 1 unspecified atom stereocenters. The number of ether oxygens (including phenoxy) is 1. The summed E-state index contributed by atoms with van der Waals surface area (Å²) < 4.78 is 5.75. The topological polar surface area (TPSA) is 41.6 Å². The second-order valence-corrected chi connectivity index (χ2v) is 5.25. The maximum absolute atomic E-state index is 12.1. The van der Waals surface area contributed by atoms with E-state index in [1.54, 1.807) is 0 Å². The van der Waals surface area contributed by atoms with Crippen LogP contribution in [0.4, 0.5) is 4.79 Å². The predicted molar refractivity (Wildman–Crippen MR) is 80.0 cm³/mol. The number of urea groups is 1. The number of rotatable bonds is 5. The van der Waals surface area contributed by atoms with Crippen LogP contribution in [-0.2, 0) is 0 Å². The number of hydrogen-bond acceptors (Lipinski definition) is 2. The van der Waals surface area contributed by atoms with Crippen LogP contribution in [0.1, 0.15) is 44.7 Å². The van der Waals surface area contributed by atoms with Gasteiger partial charge in [-0.15, -0.1) is 0 Å². The zero-order valence-corrected chi connectivity index (χ0v) is 12.4. The molecule has 1 aromatic carbocycles. The minimum absolute atomic E-state index is 0.0281. The van der Waals surface area contributed by atoms with Crippen LogP contribution < -0.4 is 10.1 Å². The maximum Gasteiger partial charge on any atom is 0.317 e. The molecule has 0 radical (unpaired) electrons. The Kier molecular flexibility index (Phi) is 5.27. The van der Waals surface area contributed by atoms with Crippen LogP contribution in [0.5, 0.6) is 5.75 Å². The van der Waals surface area contributed by atoms with Gasteiger partial charge in [0.1, 0.15) is 5.75 Å². The lowest BCUT2D eigenvalue weighted by molar-refractivity contribution is 0.205. The molecule has 1 atom stereocenters. The van der Waals surface area contributed by atoms with Gasteiger partial charge in [0.15, 0.2) is 0 Å². The second kappa shape index (κ2) is 7.17. The van der Waals surface area contributed by atoms with Crippen LogP contribution in [0, 0.1) is 0 Å². The fourth-order valence-electron chi connectivity index (χ4n) is 2.46. The third-order valence-electron chi connectivity index (χ3n) is 3.58. The van der Waals surface area contributed by atoms with Gasteiger partial charge in [0.2, 0.25) is 0 Å². The van der Waals surface area contributed by atoms with E-state index in [-0.39, 0.29) is 12.1 Å². The fraction of sp³-hybridized carbons (Fsp3) is 0.562. The standard InChI is InChI=1S/C16H24N2O2/c1-3-12-20-15-9-5-4-8-14(15)13(2)17-16(19)18-10-6-7-11-18/h4-5,8-9,13H,3,6-7,10-12H2,1-2H3,(H,17,19). The quantitative estimate of drug-likeness (QED) is 0.896. The molecule has 20 heavy (non-hydrogen) atoms. The minimum Gasteiger partial charge on any atom is -0.493 e. The molecule has 4 nitrogen and oxygen atoms in total. The van der Waals surface area contributed by atoms with E-state index in [1.807, 2.05) is 36.1 Å². The van der Waals surface area contributed by atoms with Crippen LogP contribution >= 0.6 is 0 Å². The highest BCUT2D eigenvalue weighted by Gasteiger charge is 2.20. The van der Waals surface area contributed by atoms with Crippen molar-refractivity contribution in [2.75, 3.05) is 19.7 Å². The second-order valence-electron chi connectivity index (χ2n) is 5.25. The first kappa shape index (κ1) is 14.7. The van der Waals surface area contributed by atoms with Gasteiger partial charge >= 0.3 is 6.03 Å². The van der Waals surface area contributed by atoms with Gasteiger partial charge in [-0.05, 0) is 32.3 Å². The summed E-state index contributed by atoms with van der Waals surface area (Å²) >= 11 is 0. The van der Waals surface area contributed by atoms with Gasteiger partial charge in [-0.3, -0.25) is 0 Å². The van der Waals surface area contributed by atoms with Crippen molar-refractivity contribution in [2.45, 2.75) is 39.2 Å². The van der Waals surface area contributed by atoms with Gasteiger partial charge < -0.3 is 15.0 Å². The molecule has 1 aliphatic rings. The van der Waals surface area contributed by atoms with Crippen LogP contribution in [0.15, 0.2) is 24.3 Å². The zero-order valence-electron chi connectivity index (χ0n) is 12.4. The first-order valence-electron chi connectivity index (χ1n) is 7.49. The van der Waals surface area contributed by atoms with E-state index in [0.717, 1.165) is 43.7 Å². The molecule has 1 aliphatic heterocycles. The summed E-state index contributed by atoms with van der Waals surface area (Å²) in [7, 11) is 0. The molecule has 0 aromatic heterocycles. The molecule has 4 heteroatoms. The molecule has 1 aromatic rings. The van der Waals surface area contributed by atoms with Crippen LogP contribution in [0.3, 0.4) is 0 Å². The van der Waals surface area contributed by atoms with Crippen molar-refractivity contribution in [3.63, 3.8) is 0 Å². The SMILES string of the molecule is CCCOc1ccccc1C(C)NC(=O)N1CCCC1. The van der Waals surface area contributed by atoms with Crippen molar-refractivity contribution >= 4 is 6.03 Å². The molecule has 0 saturated carbocycles. The molecule has 2 amide bonds. The highest BCUT2D eigenvalue weighted by molar-refractivity contribution is 5.75. The first-order valence-corrected chi connectivity index (χ1v) is 7.49. The van der Waals surface area contributed by atoms with Crippen molar-refractivity contribution in [1.82, 2.24) is 10.2 Å². The zero-order chi connectivity index (χ0) is 14.4. The summed E-state index contributed by atoms with van der Waals surface area (Å²) in [6, 6.07) is 7.90. The predicted octanol–water partition coefficient (Wildman–Crippen LogP) is 3.34. The van der Waals surface area contributed by atoms with E-state index in [0.29, 0.717) is 6.61 Å². The average Bonchev–Trinajstić information content (AvgIpc) is 2.99. The molecule has 1 fully saturated rings. The van der Waals surface area contributed by atoms with E-state index in [4.69, 9.17) is 4.74 Å². The van der Waals surface area contributed by atoms with Gasteiger partial charge in [-0.2, -0.15) is 0 Å². The Morgan fingerprint density at radius 1 is 1.35 bits per heavy atom. The smallest absolute Gasteiger partial charge is 0.317 e. The molecular weight excluding hydrogens is 252 g/mol. The Bertz CT molecular complexity index is 442. The number of carbonyl (C=O) groups excluding carboxylic acids is 1. The monoisotopic (exact) mass is 276 g/mol. The van der Waals surface area contributed by atoms with Crippen molar-refractivity contribution in [3.8, 4) is 5.75 Å². The van der Waals surface area contributed by atoms with Crippen LogP contribution in [-0.4, -0.2) is 30.6 Å². The molecule has 0 spiro atoms. The number of hydrogen-bond donors (Lipinski definition) is 1. The van der Waals surface area contributed by atoms with Crippen LogP contribution in [0.25, 0.3) is 0 Å². The van der Waals surface area contributed by atoms with Gasteiger partial charge in [-0.25, -0.2) is 4.79 Å². The average molecular weight is 276 g/mol. The Morgan fingerprint density at radius 3 is 2.75 bits per heavy atom. The Morgan fingerprint density at radius 2 is 2.05 bits per heavy atom. The highest BCUT2D eigenvalue weighted by atomic mass is 16.5. The number of amides is 2. The third-order valence-corrected chi connectivity index (χ3v) is 3.58. The van der Waals surface area contributed by atoms with E-state index < -0.39 is 0 Å². The lowest BCUT2D eigenvalue weighted by Crippen LogP contribution is -2.39. The summed E-state index contributed by atoms with van der Waals surface area (Å²) in [5.41, 5.74) is 1.04. The summed E-state index contributed by atoms with van der Waals surface area (Å²) in [5.74, 6) is 0.864. The maximum atomic E-state index is 12.1. The molecule has 0 bridgehead atoms. The molecule has 1 heterocycles. The fourth-order valence-corrected chi connectivity index (χ4v) is 2.46. The number of para-hydroxylation sites is 1. The number of likely N-dealkylation sites (tertiary alicyclic amines) is 1. The number of nitrogens with one attached hydrogen (secondary N) is 1. The number of nitrogens with zero attached hydrogens (tertiary/aromatic N) is 1. The molecular formula is C16H24N2O2. The van der Waals surface area contributed by atoms with Crippen molar-refractivity contribution in [1.29, 1.82) is 0 Å². The van der Waals surface area contributed by atoms with Crippen molar-refractivity contribution < 1.29 is 9.53 Å². The van der Waals surface area contributed by atoms with Crippen molar-refractivity contribution in [3.05, 3.63) is 29.8 Å². The lowest BCUT2D eigenvalue weighted by atomic mass is 10.1. The summed E-state index contributed by atoms with van der Waals surface area (Å²) in [4.78, 5) is 14.0. The van der Waals surface area contributed by atoms with E-state index in [2.05, 4.69) is 12.2 Å². The van der Waals surface area contributed by atoms with Gasteiger partial charge in [-0.1, -0.05) is 25.1 Å². The number of carbonyl (C=O) groups is 1. The molecule has 1 saturated heterocycles. The minimum atomic E-state index is -0.0452. The normalized spacial score (nSPS) is 16.0. The number of benzene rings is 1. The summed E-state index contributed by atoms with van der Waals surface area (Å²) in [6.45, 7) is 6.52. The highest BCUT2D eigenvalue weighted by Crippen LogP contribution is 2.25. The van der Waals surface area contributed by atoms with E-state index >= 15 is 0 Å². The third kappa shape index (κ3) is 3.65.